The minimum absolute atomic E-state index is 0.00975. The van der Waals surface area contributed by atoms with Gasteiger partial charge in [0.05, 0.1) is 21.8 Å². The number of hydrogen-bond acceptors (Lipinski definition) is 4. The van der Waals surface area contributed by atoms with Crippen molar-refractivity contribution in [3.05, 3.63) is 64.7 Å². The van der Waals surface area contributed by atoms with Crippen LogP contribution in [0.4, 0.5) is 4.39 Å². The average molecular weight is 385 g/mol. The van der Waals surface area contributed by atoms with Gasteiger partial charge < -0.3 is 5.32 Å². The van der Waals surface area contributed by atoms with Gasteiger partial charge in [-0.25, -0.2) is 9.37 Å². The molecule has 7 heteroatoms. The molecule has 1 amide bonds. The van der Waals surface area contributed by atoms with Crippen LogP contribution in [0.25, 0.3) is 16.6 Å². The highest BCUT2D eigenvalue weighted by molar-refractivity contribution is 8.00. The Morgan fingerprint density at radius 2 is 1.89 bits per heavy atom. The van der Waals surface area contributed by atoms with Crippen LogP contribution in [0.5, 0.6) is 0 Å². The lowest BCUT2D eigenvalue weighted by Crippen LogP contribution is -2.36. The van der Waals surface area contributed by atoms with Crippen LogP contribution in [0.3, 0.4) is 0 Å². The van der Waals surface area contributed by atoms with E-state index in [1.165, 1.54) is 34.5 Å². The minimum atomic E-state index is -0.472. The smallest absolute Gasteiger partial charge is 0.266 e. The lowest BCUT2D eigenvalue weighted by molar-refractivity contribution is -0.120. The third-order valence-corrected chi connectivity index (χ3v) is 4.95. The molecule has 0 aliphatic heterocycles. The zero-order chi connectivity index (χ0) is 19.6. The summed E-state index contributed by atoms with van der Waals surface area (Å²) in [7, 11) is 0. The van der Waals surface area contributed by atoms with Gasteiger partial charge in [-0.1, -0.05) is 30.0 Å². The second kappa shape index (κ2) is 7.92. The summed E-state index contributed by atoms with van der Waals surface area (Å²) in [6, 6.07) is 12.8. The predicted octanol–water partition coefficient (Wildman–Crippen LogP) is 3.53. The first-order chi connectivity index (χ1) is 12.9. The van der Waals surface area contributed by atoms with E-state index in [4.69, 9.17) is 0 Å². The number of carbonyl (C=O) groups is 1. The maximum atomic E-state index is 13.8. The fourth-order valence-electron chi connectivity index (χ4n) is 2.65. The van der Waals surface area contributed by atoms with Gasteiger partial charge in [-0.15, -0.1) is 0 Å². The van der Waals surface area contributed by atoms with Gasteiger partial charge >= 0.3 is 0 Å². The monoisotopic (exact) mass is 385 g/mol. The molecular weight excluding hydrogens is 365 g/mol. The van der Waals surface area contributed by atoms with Crippen LogP contribution in [0.2, 0.25) is 0 Å². The molecule has 0 bridgehead atoms. The molecule has 3 rings (SSSR count). The maximum absolute atomic E-state index is 13.8. The average Bonchev–Trinajstić information content (AvgIpc) is 2.61. The largest absolute Gasteiger partial charge is 0.353 e. The molecule has 140 valence electrons. The highest BCUT2D eigenvalue weighted by Gasteiger charge is 2.20. The van der Waals surface area contributed by atoms with E-state index in [0.29, 0.717) is 21.7 Å². The first-order valence-corrected chi connectivity index (χ1v) is 9.49. The Hall–Kier alpha value is -2.67. The van der Waals surface area contributed by atoms with E-state index < -0.39 is 11.1 Å². The topological polar surface area (TPSA) is 64.0 Å². The zero-order valence-electron chi connectivity index (χ0n) is 15.3. The van der Waals surface area contributed by atoms with Crippen LogP contribution >= 0.6 is 11.8 Å². The van der Waals surface area contributed by atoms with Gasteiger partial charge in [0.15, 0.2) is 5.16 Å². The molecule has 2 aromatic carbocycles. The Morgan fingerprint density at radius 1 is 1.15 bits per heavy atom. The minimum Gasteiger partial charge on any atom is -0.353 e. The van der Waals surface area contributed by atoms with Gasteiger partial charge in [-0.3, -0.25) is 14.2 Å². The molecule has 0 saturated carbocycles. The lowest BCUT2D eigenvalue weighted by Gasteiger charge is -2.17. The number of thioether (sulfide) groups is 1. The van der Waals surface area contributed by atoms with Crippen LogP contribution in [0.1, 0.15) is 20.8 Å². The zero-order valence-corrected chi connectivity index (χ0v) is 16.1. The molecule has 1 N–H and O–H groups in total. The van der Waals surface area contributed by atoms with Gasteiger partial charge in [0, 0.05) is 6.04 Å². The molecule has 0 spiro atoms. The molecule has 1 heterocycles. The summed E-state index contributed by atoms with van der Waals surface area (Å²) in [4.78, 5) is 29.9. The number of amides is 1. The van der Waals surface area contributed by atoms with Crippen LogP contribution in [-0.4, -0.2) is 26.8 Å². The molecule has 1 aromatic heterocycles. The first-order valence-electron chi connectivity index (χ1n) is 8.61. The Labute approximate surface area is 160 Å². The van der Waals surface area contributed by atoms with E-state index in [-0.39, 0.29) is 17.5 Å². The Balaban J connectivity index is 2.14. The van der Waals surface area contributed by atoms with E-state index in [1.54, 1.807) is 37.3 Å². The van der Waals surface area contributed by atoms with Gasteiger partial charge in [0.1, 0.15) is 5.82 Å². The highest BCUT2D eigenvalue weighted by Crippen LogP contribution is 2.25. The molecular formula is C20H20FN3O2S. The van der Waals surface area contributed by atoms with Crippen molar-refractivity contribution in [3.63, 3.8) is 0 Å². The van der Waals surface area contributed by atoms with E-state index >= 15 is 0 Å². The summed E-state index contributed by atoms with van der Waals surface area (Å²) in [6.07, 6.45) is 0. The summed E-state index contributed by atoms with van der Waals surface area (Å²) in [5.74, 6) is -0.600. The molecule has 0 fully saturated rings. The van der Waals surface area contributed by atoms with Crippen molar-refractivity contribution in [2.75, 3.05) is 0 Å². The van der Waals surface area contributed by atoms with Gasteiger partial charge in [-0.05, 0) is 51.1 Å². The van der Waals surface area contributed by atoms with Crippen LogP contribution in [0, 0.1) is 5.82 Å². The molecule has 0 radical (unpaired) electrons. The fourth-order valence-corrected chi connectivity index (χ4v) is 3.58. The SMILES string of the molecule is CC(C)NC(=O)C(C)Sc1nc2ccccc2c(=O)n1-c1cccc(F)c1. The summed E-state index contributed by atoms with van der Waals surface area (Å²) in [5.41, 5.74) is 0.608. The number of hydrogen-bond donors (Lipinski definition) is 1. The second-order valence-electron chi connectivity index (χ2n) is 6.46. The van der Waals surface area contributed by atoms with Crippen LogP contribution in [-0.2, 0) is 4.79 Å². The summed E-state index contributed by atoms with van der Waals surface area (Å²) in [6.45, 7) is 5.51. The van der Waals surface area contributed by atoms with Crippen LogP contribution in [0.15, 0.2) is 58.5 Å². The van der Waals surface area contributed by atoms with Crippen molar-refractivity contribution in [3.8, 4) is 5.69 Å². The predicted molar refractivity (Wildman–Crippen MR) is 106 cm³/mol. The Bertz CT molecular complexity index is 1050. The van der Waals surface area contributed by atoms with E-state index in [9.17, 15) is 14.0 Å². The van der Waals surface area contributed by atoms with Crippen molar-refractivity contribution in [1.29, 1.82) is 0 Å². The number of halogens is 1. The fraction of sp³-hybridized carbons (Fsp3) is 0.250. The van der Waals surface area contributed by atoms with E-state index in [0.717, 1.165) is 0 Å². The molecule has 0 aliphatic carbocycles. The van der Waals surface area contributed by atoms with E-state index in [1.807, 2.05) is 13.8 Å². The third-order valence-electron chi connectivity index (χ3n) is 3.89. The van der Waals surface area contributed by atoms with Crippen molar-refractivity contribution >= 4 is 28.6 Å². The van der Waals surface area contributed by atoms with Crippen molar-refractivity contribution in [1.82, 2.24) is 14.9 Å². The molecule has 0 saturated heterocycles. The van der Waals surface area contributed by atoms with Gasteiger partial charge in [-0.2, -0.15) is 0 Å². The normalized spacial score (nSPS) is 12.3. The van der Waals surface area contributed by atoms with E-state index in [2.05, 4.69) is 10.3 Å². The molecule has 1 unspecified atom stereocenters. The van der Waals surface area contributed by atoms with Crippen LogP contribution < -0.4 is 10.9 Å². The Morgan fingerprint density at radius 3 is 2.59 bits per heavy atom. The lowest BCUT2D eigenvalue weighted by atomic mass is 10.2. The molecule has 3 aromatic rings. The number of aromatic nitrogens is 2. The van der Waals surface area contributed by atoms with Gasteiger partial charge in [0.2, 0.25) is 5.91 Å². The summed E-state index contributed by atoms with van der Waals surface area (Å²) < 4.78 is 15.1. The molecule has 1 atom stereocenters. The molecule has 5 nitrogen and oxygen atoms in total. The number of rotatable bonds is 5. The number of benzene rings is 2. The summed E-state index contributed by atoms with van der Waals surface area (Å²) in [5, 5.41) is 3.15. The van der Waals surface area contributed by atoms with Gasteiger partial charge in [0.25, 0.3) is 5.56 Å². The van der Waals surface area contributed by atoms with Crippen molar-refractivity contribution in [2.45, 2.75) is 37.2 Å². The number of para-hydroxylation sites is 1. The second-order valence-corrected chi connectivity index (χ2v) is 7.76. The molecule has 27 heavy (non-hydrogen) atoms. The standard InChI is InChI=1S/C20H20FN3O2S/c1-12(2)22-18(25)13(3)27-20-23-17-10-5-4-9-16(17)19(26)24(20)15-8-6-7-14(21)11-15/h4-13H,1-3H3,(H,22,25). The number of nitrogens with zero attached hydrogens (tertiary/aromatic N) is 2. The maximum Gasteiger partial charge on any atom is 0.266 e. The molecule has 0 aliphatic rings. The summed E-state index contributed by atoms with van der Waals surface area (Å²) >= 11 is 1.17. The number of carbonyl (C=O) groups excluding carboxylic acids is 1. The highest BCUT2D eigenvalue weighted by atomic mass is 32.2. The third kappa shape index (κ3) is 4.19. The number of nitrogens with one attached hydrogen (secondary N) is 1. The number of fused-ring (bicyclic) bond motifs is 1. The quantitative estimate of drug-likeness (QED) is 0.539. The van der Waals surface area contributed by atoms with Crippen molar-refractivity contribution in [2.24, 2.45) is 0 Å². The van der Waals surface area contributed by atoms with Crippen molar-refractivity contribution < 1.29 is 9.18 Å². The first kappa shape index (κ1) is 19.1. The Kier molecular flexibility index (Phi) is 5.60.